The third-order valence-electron chi connectivity index (χ3n) is 5.08. The van der Waals surface area contributed by atoms with Gasteiger partial charge in [0.1, 0.15) is 6.54 Å². The maximum atomic E-state index is 13.4. The van der Waals surface area contributed by atoms with Crippen LogP contribution in [0.3, 0.4) is 0 Å². The van der Waals surface area contributed by atoms with Crippen LogP contribution in [-0.4, -0.2) is 27.4 Å². The largest absolute Gasteiger partial charge is 0.355 e. The molecule has 0 atom stereocenters. The maximum Gasteiger partial charge on any atom is 0.264 e. The van der Waals surface area contributed by atoms with Crippen molar-refractivity contribution in [2.75, 3.05) is 17.4 Å². The summed E-state index contributed by atoms with van der Waals surface area (Å²) in [5, 5.41) is 2.86. The molecule has 3 aromatic rings. The molecule has 0 saturated heterocycles. The van der Waals surface area contributed by atoms with Gasteiger partial charge in [0.25, 0.3) is 10.0 Å². The fraction of sp³-hybridized carbons (Fsp3) is 0.240. The fourth-order valence-corrected chi connectivity index (χ4v) is 5.05. The van der Waals surface area contributed by atoms with Gasteiger partial charge in [-0.3, -0.25) is 9.10 Å². The molecule has 0 aliphatic rings. The van der Waals surface area contributed by atoms with E-state index in [-0.39, 0.29) is 17.3 Å². The molecule has 0 aliphatic heterocycles. The Morgan fingerprint density at radius 3 is 2.19 bits per heavy atom. The van der Waals surface area contributed by atoms with E-state index in [4.69, 9.17) is 0 Å². The van der Waals surface area contributed by atoms with E-state index in [9.17, 15) is 13.2 Å². The average Bonchev–Trinajstić information content (AvgIpc) is 2.76. The predicted molar refractivity (Wildman–Crippen MR) is 132 cm³/mol. The molecule has 0 radical (unpaired) electrons. The molecule has 0 bridgehead atoms. The lowest BCUT2D eigenvalue weighted by Gasteiger charge is -2.24. The number of hydrogen-bond donors (Lipinski definition) is 1. The number of amides is 1. The van der Waals surface area contributed by atoms with Crippen molar-refractivity contribution in [3.63, 3.8) is 0 Å². The molecule has 0 aromatic heterocycles. The van der Waals surface area contributed by atoms with Gasteiger partial charge < -0.3 is 5.32 Å². The second-order valence-electron chi connectivity index (χ2n) is 7.74. The summed E-state index contributed by atoms with van der Waals surface area (Å²) in [5.74, 6) is -0.343. The molecule has 0 spiro atoms. The number of anilines is 1. The van der Waals surface area contributed by atoms with E-state index in [1.807, 2.05) is 19.9 Å². The van der Waals surface area contributed by atoms with Gasteiger partial charge in [0.15, 0.2) is 0 Å². The fourth-order valence-electron chi connectivity index (χ4n) is 3.25. The lowest BCUT2D eigenvalue weighted by Crippen LogP contribution is -2.41. The van der Waals surface area contributed by atoms with Crippen LogP contribution in [0.2, 0.25) is 0 Å². The zero-order chi connectivity index (χ0) is 23.1. The van der Waals surface area contributed by atoms with Crippen LogP contribution in [0.15, 0.2) is 82.2 Å². The summed E-state index contributed by atoms with van der Waals surface area (Å²) in [6.45, 7) is 4.12. The van der Waals surface area contributed by atoms with Gasteiger partial charge in [0.05, 0.1) is 10.6 Å². The minimum absolute atomic E-state index is 0.148. The minimum Gasteiger partial charge on any atom is -0.355 e. The Labute approximate surface area is 198 Å². The molecule has 0 aliphatic carbocycles. The Balaban J connectivity index is 1.70. The number of benzene rings is 3. The molecule has 0 saturated carbocycles. The molecule has 0 fully saturated rings. The summed E-state index contributed by atoms with van der Waals surface area (Å²) >= 11 is 3.39. The number of hydrogen-bond acceptors (Lipinski definition) is 3. The Hall–Kier alpha value is -2.64. The van der Waals surface area contributed by atoms with Crippen LogP contribution in [0.5, 0.6) is 0 Å². The highest BCUT2D eigenvalue weighted by Crippen LogP contribution is 2.26. The van der Waals surface area contributed by atoms with E-state index < -0.39 is 10.0 Å². The molecule has 32 heavy (non-hydrogen) atoms. The first-order valence-electron chi connectivity index (χ1n) is 10.4. The Bertz CT molecular complexity index is 1160. The minimum atomic E-state index is -3.91. The Morgan fingerprint density at radius 2 is 1.56 bits per heavy atom. The second-order valence-corrected chi connectivity index (χ2v) is 10.5. The molecule has 168 valence electrons. The topological polar surface area (TPSA) is 66.5 Å². The summed E-state index contributed by atoms with van der Waals surface area (Å²) in [6.07, 6.45) is 1.62. The van der Waals surface area contributed by atoms with Crippen LogP contribution in [0.1, 0.15) is 23.1 Å². The number of carbonyl (C=O) groups is 1. The van der Waals surface area contributed by atoms with Crippen molar-refractivity contribution in [2.45, 2.75) is 31.6 Å². The number of aryl methyl sites for hydroxylation is 3. The Kier molecular flexibility index (Phi) is 8.10. The van der Waals surface area contributed by atoms with Crippen molar-refractivity contribution in [2.24, 2.45) is 0 Å². The predicted octanol–water partition coefficient (Wildman–Crippen LogP) is 5.01. The van der Waals surface area contributed by atoms with Crippen LogP contribution in [-0.2, 0) is 21.2 Å². The maximum absolute atomic E-state index is 13.4. The standard InChI is InChI=1S/C25H27BrN2O3S/c1-19-8-12-21(13-9-19)5-4-16-27-25(29)18-28(23-7-3-6-22(26)17-23)32(30,31)24-14-10-20(2)11-15-24/h3,6-15,17H,4-5,16,18H2,1-2H3,(H,27,29). The number of sulfonamides is 1. The van der Waals surface area contributed by atoms with Crippen LogP contribution in [0.25, 0.3) is 0 Å². The van der Waals surface area contributed by atoms with Gasteiger partial charge in [-0.1, -0.05) is 69.5 Å². The van der Waals surface area contributed by atoms with Crippen LogP contribution < -0.4 is 9.62 Å². The highest BCUT2D eigenvalue weighted by molar-refractivity contribution is 9.10. The molecule has 1 N–H and O–H groups in total. The highest BCUT2D eigenvalue weighted by Gasteiger charge is 2.27. The SMILES string of the molecule is Cc1ccc(CCCNC(=O)CN(c2cccc(Br)c2)S(=O)(=O)c2ccc(C)cc2)cc1. The third-order valence-corrected chi connectivity index (χ3v) is 7.36. The third kappa shape index (κ3) is 6.43. The first-order valence-corrected chi connectivity index (χ1v) is 12.7. The zero-order valence-electron chi connectivity index (χ0n) is 18.2. The van der Waals surface area contributed by atoms with Gasteiger partial charge in [-0.15, -0.1) is 0 Å². The second kappa shape index (κ2) is 10.8. The molecular formula is C25H27BrN2O3S. The van der Waals surface area contributed by atoms with Crippen LogP contribution in [0, 0.1) is 13.8 Å². The molecule has 0 heterocycles. The smallest absolute Gasteiger partial charge is 0.264 e. The first kappa shape index (κ1) is 24.0. The van der Waals surface area contributed by atoms with Gasteiger partial charge in [-0.2, -0.15) is 0 Å². The number of nitrogens with zero attached hydrogens (tertiary/aromatic N) is 1. The molecule has 0 unspecified atom stereocenters. The summed E-state index contributed by atoms with van der Waals surface area (Å²) < 4.78 is 28.6. The van der Waals surface area contributed by atoms with Crippen LogP contribution >= 0.6 is 15.9 Å². The van der Waals surface area contributed by atoms with E-state index in [0.717, 1.165) is 27.2 Å². The normalized spacial score (nSPS) is 11.2. The van der Waals surface area contributed by atoms with Crippen LogP contribution in [0.4, 0.5) is 5.69 Å². The van der Waals surface area contributed by atoms with Gasteiger partial charge >= 0.3 is 0 Å². The molecule has 3 rings (SSSR count). The van der Waals surface area contributed by atoms with E-state index in [1.54, 1.807) is 42.5 Å². The van der Waals surface area contributed by atoms with Gasteiger partial charge in [0, 0.05) is 11.0 Å². The number of nitrogens with one attached hydrogen (secondary N) is 1. The summed E-state index contributed by atoms with van der Waals surface area (Å²) in [6, 6.07) is 21.9. The lowest BCUT2D eigenvalue weighted by molar-refractivity contribution is -0.119. The van der Waals surface area contributed by atoms with Gasteiger partial charge in [-0.05, 0) is 62.6 Å². The molecule has 1 amide bonds. The van der Waals surface area contributed by atoms with Crippen molar-refractivity contribution < 1.29 is 13.2 Å². The van der Waals surface area contributed by atoms with Crippen molar-refractivity contribution in [1.82, 2.24) is 5.32 Å². The Morgan fingerprint density at radius 1 is 0.938 bits per heavy atom. The van der Waals surface area contributed by atoms with E-state index in [2.05, 4.69) is 45.5 Å². The van der Waals surface area contributed by atoms with E-state index >= 15 is 0 Å². The summed E-state index contributed by atoms with van der Waals surface area (Å²) in [7, 11) is -3.91. The van der Waals surface area contributed by atoms with Crippen molar-refractivity contribution in [3.8, 4) is 0 Å². The summed E-state index contributed by atoms with van der Waals surface area (Å²) in [4.78, 5) is 12.8. The highest BCUT2D eigenvalue weighted by atomic mass is 79.9. The van der Waals surface area contributed by atoms with E-state index in [1.165, 1.54) is 11.1 Å². The average molecular weight is 515 g/mol. The summed E-state index contributed by atoms with van der Waals surface area (Å²) in [5.41, 5.74) is 3.81. The zero-order valence-corrected chi connectivity index (χ0v) is 20.6. The molecular weight excluding hydrogens is 488 g/mol. The quantitative estimate of drug-likeness (QED) is 0.408. The van der Waals surface area contributed by atoms with Crippen molar-refractivity contribution >= 4 is 37.5 Å². The van der Waals surface area contributed by atoms with E-state index in [0.29, 0.717) is 12.2 Å². The first-order chi connectivity index (χ1) is 15.3. The molecule has 3 aromatic carbocycles. The van der Waals surface area contributed by atoms with Gasteiger partial charge in [-0.25, -0.2) is 8.42 Å². The molecule has 5 nitrogen and oxygen atoms in total. The number of halogens is 1. The van der Waals surface area contributed by atoms with Crippen molar-refractivity contribution in [3.05, 3.63) is 94.0 Å². The molecule has 7 heteroatoms. The number of rotatable bonds is 9. The monoisotopic (exact) mass is 514 g/mol. The lowest BCUT2D eigenvalue weighted by atomic mass is 10.1. The number of carbonyl (C=O) groups excluding carboxylic acids is 1. The van der Waals surface area contributed by atoms with Crippen molar-refractivity contribution in [1.29, 1.82) is 0 Å². The van der Waals surface area contributed by atoms with Gasteiger partial charge in [0.2, 0.25) is 5.91 Å².